The number of nitrogens with two attached hydrogens (primary N) is 1. The van der Waals surface area contributed by atoms with Crippen LogP contribution in [0.2, 0.25) is 0 Å². The molecule has 2 aromatic rings. The molecule has 5 nitrogen and oxygen atoms in total. The lowest BCUT2D eigenvalue weighted by Gasteiger charge is -2.28. The lowest BCUT2D eigenvalue weighted by atomic mass is 9.89. The van der Waals surface area contributed by atoms with Gasteiger partial charge in [-0.1, -0.05) is 6.07 Å². The summed E-state index contributed by atoms with van der Waals surface area (Å²) in [5, 5.41) is 4.26. The van der Waals surface area contributed by atoms with Gasteiger partial charge in [0.25, 0.3) is 0 Å². The maximum atomic E-state index is 5.65. The van der Waals surface area contributed by atoms with Crippen LogP contribution in [0.25, 0.3) is 0 Å². The number of nitrogens with zero attached hydrogens (tertiary/aromatic N) is 4. The first-order valence-corrected chi connectivity index (χ1v) is 5.87. The van der Waals surface area contributed by atoms with Crippen molar-refractivity contribution in [2.75, 3.05) is 5.73 Å². The monoisotopic (exact) mass is 229 g/mol. The zero-order chi connectivity index (χ0) is 11.8. The minimum Gasteiger partial charge on any atom is -0.366 e. The van der Waals surface area contributed by atoms with Crippen LogP contribution < -0.4 is 5.73 Å². The highest BCUT2D eigenvalue weighted by atomic mass is 15.4. The van der Waals surface area contributed by atoms with Crippen LogP contribution in [0, 0.1) is 0 Å². The van der Waals surface area contributed by atoms with E-state index in [9.17, 15) is 0 Å². The Kier molecular flexibility index (Phi) is 2.31. The van der Waals surface area contributed by atoms with Gasteiger partial charge in [-0.25, -0.2) is 4.68 Å². The first-order valence-electron chi connectivity index (χ1n) is 5.87. The van der Waals surface area contributed by atoms with E-state index in [1.54, 1.807) is 0 Å². The first kappa shape index (κ1) is 10.3. The van der Waals surface area contributed by atoms with Gasteiger partial charge in [0.15, 0.2) is 0 Å². The zero-order valence-electron chi connectivity index (χ0n) is 9.74. The number of rotatable bonds is 1. The van der Waals surface area contributed by atoms with Crippen molar-refractivity contribution in [1.29, 1.82) is 0 Å². The summed E-state index contributed by atoms with van der Waals surface area (Å²) in [5.74, 6) is 1.75. The van der Waals surface area contributed by atoms with Gasteiger partial charge in [0.1, 0.15) is 5.82 Å². The third-order valence-electron chi connectivity index (χ3n) is 3.43. The van der Waals surface area contributed by atoms with Crippen molar-refractivity contribution >= 4 is 5.95 Å². The Morgan fingerprint density at radius 1 is 1.41 bits per heavy atom. The molecule has 2 aromatic heterocycles. The second kappa shape index (κ2) is 3.84. The van der Waals surface area contributed by atoms with Gasteiger partial charge in [0, 0.05) is 24.2 Å². The second-order valence-electron chi connectivity index (χ2n) is 4.47. The minimum absolute atomic E-state index is 0.262. The Morgan fingerprint density at radius 3 is 3.06 bits per heavy atom. The standard InChI is InChI=1S/C12H15N5/c1-8-9(10-4-2-3-7-14-10)5-6-11-15-12(13)16-17(8)11/h2-4,7-9H,5-6H2,1H3,(H2,13,16). The lowest BCUT2D eigenvalue weighted by molar-refractivity contribution is 0.334. The summed E-state index contributed by atoms with van der Waals surface area (Å²) in [7, 11) is 0. The van der Waals surface area contributed by atoms with Crippen LogP contribution in [0.4, 0.5) is 5.95 Å². The first-order chi connectivity index (χ1) is 8.25. The molecule has 0 spiro atoms. The van der Waals surface area contributed by atoms with E-state index in [0.29, 0.717) is 11.9 Å². The Bertz CT molecular complexity index is 519. The number of hydrogen-bond acceptors (Lipinski definition) is 4. The third-order valence-corrected chi connectivity index (χ3v) is 3.43. The van der Waals surface area contributed by atoms with Gasteiger partial charge in [-0.15, -0.1) is 5.10 Å². The highest BCUT2D eigenvalue weighted by molar-refractivity contribution is 5.19. The fourth-order valence-corrected chi connectivity index (χ4v) is 2.56. The lowest BCUT2D eigenvalue weighted by Crippen LogP contribution is -2.25. The summed E-state index contributed by atoms with van der Waals surface area (Å²) in [6.07, 6.45) is 3.80. The van der Waals surface area contributed by atoms with Crippen LogP contribution in [-0.4, -0.2) is 19.7 Å². The van der Waals surface area contributed by atoms with Crippen molar-refractivity contribution in [3.05, 3.63) is 35.9 Å². The summed E-state index contributed by atoms with van der Waals surface area (Å²) >= 11 is 0. The third kappa shape index (κ3) is 1.67. The number of aromatic nitrogens is 4. The summed E-state index contributed by atoms with van der Waals surface area (Å²) in [4.78, 5) is 8.68. The molecule has 1 aliphatic heterocycles. The molecule has 0 amide bonds. The number of nitrogen functional groups attached to an aromatic ring is 1. The van der Waals surface area contributed by atoms with Gasteiger partial charge < -0.3 is 5.73 Å². The summed E-state index contributed by atoms with van der Waals surface area (Å²) < 4.78 is 1.94. The van der Waals surface area contributed by atoms with Crippen LogP contribution in [0.5, 0.6) is 0 Å². The highest BCUT2D eigenvalue weighted by Crippen LogP contribution is 2.35. The van der Waals surface area contributed by atoms with Crippen LogP contribution >= 0.6 is 0 Å². The molecule has 2 unspecified atom stereocenters. The molecular formula is C12H15N5. The summed E-state index contributed by atoms with van der Waals surface area (Å²) in [6, 6.07) is 6.31. The van der Waals surface area contributed by atoms with Crippen LogP contribution in [0.15, 0.2) is 24.4 Å². The second-order valence-corrected chi connectivity index (χ2v) is 4.47. The van der Waals surface area contributed by atoms with Crippen LogP contribution in [-0.2, 0) is 6.42 Å². The zero-order valence-corrected chi connectivity index (χ0v) is 9.74. The Balaban J connectivity index is 1.96. The molecule has 1 aliphatic rings. The molecular weight excluding hydrogens is 214 g/mol. The number of aryl methyl sites for hydroxylation is 1. The molecule has 88 valence electrons. The van der Waals surface area contributed by atoms with Crippen molar-refractivity contribution in [3.63, 3.8) is 0 Å². The molecule has 3 rings (SSSR count). The van der Waals surface area contributed by atoms with Crippen LogP contribution in [0.3, 0.4) is 0 Å². The number of pyridine rings is 1. The van der Waals surface area contributed by atoms with Gasteiger partial charge >= 0.3 is 0 Å². The number of fused-ring (bicyclic) bond motifs is 1. The van der Waals surface area contributed by atoms with Gasteiger partial charge in [0.05, 0.1) is 6.04 Å². The van der Waals surface area contributed by atoms with Crippen molar-refractivity contribution in [2.45, 2.75) is 31.7 Å². The van der Waals surface area contributed by atoms with E-state index in [1.807, 2.05) is 23.0 Å². The Hall–Kier alpha value is -1.91. The number of anilines is 1. The van der Waals surface area contributed by atoms with E-state index in [4.69, 9.17) is 5.73 Å². The molecule has 2 atom stereocenters. The number of hydrogen-bond donors (Lipinski definition) is 1. The molecule has 3 heterocycles. The SMILES string of the molecule is CC1C(c2ccccn2)CCc2nc(N)nn21. The average molecular weight is 229 g/mol. The predicted molar refractivity (Wildman–Crippen MR) is 64.4 cm³/mol. The Morgan fingerprint density at radius 2 is 2.29 bits per heavy atom. The van der Waals surface area contributed by atoms with Gasteiger partial charge in [-0.3, -0.25) is 4.98 Å². The maximum Gasteiger partial charge on any atom is 0.239 e. The van der Waals surface area contributed by atoms with Gasteiger partial charge in [-0.05, 0) is 25.5 Å². The van der Waals surface area contributed by atoms with E-state index in [1.165, 1.54) is 0 Å². The smallest absolute Gasteiger partial charge is 0.239 e. The molecule has 0 saturated heterocycles. The van der Waals surface area contributed by atoms with Crippen molar-refractivity contribution < 1.29 is 0 Å². The van der Waals surface area contributed by atoms with Gasteiger partial charge in [-0.2, -0.15) is 4.98 Å². The molecule has 0 bridgehead atoms. The fraction of sp³-hybridized carbons (Fsp3) is 0.417. The predicted octanol–water partition coefficient (Wildman–Crippen LogP) is 1.55. The van der Waals surface area contributed by atoms with Gasteiger partial charge in [0.2, 0.25) is 5.95 Å². The summed E-state index contributed by atoms with van der Waals surface area (Å²) in [5.41, 5.74) is 6.77. The van der Waals surface area contributed by atoms with E-state index in [2.05, 4.69) is 28.1 Å². The summed E-state index contributed by atoms with van der Waals surface area (Å²) in [6.45, 7) is 2.15. The molecule has 2 N–H and O–H groups in total. The molecule has 17 heavy (non-hydrogen) atoms. The molecule has 0 radical (unpaired) electrons. The van der Waals surface area contributed by atoms with E-state index in [-0.39, 0.29) is 6.04 Å². The topological polar surface area (TPSA) is 69.6 Å². The Labute approximate surface area is 99.7 Å². The largest absolute Gasteiger partial charge is 0.366 e. The molecule has 0 fully saturated rings. The van der Waals surface area contributed by atoms with E-state index < -0.39 is 0 Å². The van der Waals surface area contributed by atoms with E-state index >= 15 is 0 Å². The van der Waals surface area contributed by atoms with Crippen LogP contribution in [0.1, 0.15) is 36.8 Å². The normalized spacial score (nSPS) is 23.4. The maximum absolute atomic E-state index is 5.65. The molecule has 0 aliphatic carbocycles. The van der Waals surface area contributed by atoms with Crippen molar-refractivity contribution in [3.8, 4) is 0 Å². The fourth-order valence-electron chi connectivity index (χ4n) is 2.56. The average Bonchev–Trinajstić information content (AvgIpc) is 2.72. The van der Waals surface area contributed by atoms with Crippen molar-refractivity contribution in [1.82, 2.24) is 19.7 Å². The quantitative estimate of drug-likeness (QED) is 0.805. The van der Waals surface area contributed by atoms with Crippen molar-refractivity contribution in [2.24, 2.45) is 0 Å². The molecule has 0 aromatic carbocycles. The van der Waals surface area contributed by atoms with E-state index in [0.717, 1.165) is 24.4 Å². The highest BCUT2D eigenvalue weighted by Gasteiger charge is 2.29. The molecule has 5 heteroatoms. The minimum atomic E-state index is 0.262. The molecule has 0 saturated carbocycles.